The molecule has 2 N–H and O–H groups in total. The van der Waals surface area contributed by atoms with Gasteiger partial charge in [0.05, 0.1) is 6.04 Å². The number of hydrogen-bond donors (Lipinski definition) is 2. The van der Waals surface area contributed by atoms with Crippen molar-refractivity contribution in [2.45, 2.75) is 72.4 Å². The van der Waals surface area contributed by atoms with Gasteiger partial charge in [0, 0.05) is 28.7 Å². The molecule has 2 amide bonds. The highest BCUT2D eigenvalue weighted by Crippen LogP contribution is 2.36. The molecule has 26 heavy (non-hydrogen) atoms. The fourth-order valence-electron chi connectivity index (χ4n) is 4.72. The number of benzene rings is 1. The quantitative estimate of drug-likeness (QED) is 0.761. The highest BCUT2D eigenvalue weighted by molar-refractivity contribution is 5.86. The van der Waals surface area contributed by atoms with E-state index in [9.17, 15) is 4.79 Å². The second kappa shape index (κ2) is 6.64. The number of nitrogens with one attached hydrogen (secondary N) is 2. The van der Waals surface area contributed by atoms with Crippen molar-refractivity contribution < 1.29 is 4.79 Å². The lowest BCUT2D eigenvalue weighted by atomic mass is 9.82. The molecule has 0 aliphatic carbocycles. The van der Waals surface area contributed by atoms with E-state index in [1.807, 2.05) is 4.90 Å². The van der Waals surface area contributed by atoms with Crippen LogP contribution in [0.3, 0.4) is 0 Å². The fraction of sp³-hybridized carbons (Fsp3) is 0.591. The van der Waals surface area contributed by atoms with Crippen molar-refractivity contribution in [2.24, 2.45) is 5.41 Å². The van der Waals surface area contributed by atoms with Crippen LogP contribution in [0.15, 0.2) is 24.3 Å². The lowest BCUT2D eigenvalue weighted by Crippen LogP contribution is -2.53. The first-order chi connectivity index (χ1) is 12.1. The van der Waals surface area contributed by atoms with Crippen LogP contribution in [-0.2, 0) is 6.42 Å². The number of hydrogen-bond acceptors (Lipinski definition) is 1. The van der Waals surface area contributed by atoms with Gasteiger partial charge in [-0.3, -0.25) is 0 Å². The predicted molar refractivity (Wildman–Crippen MR) is 108 cm³/mol. The van der Waals surface area contributed by atoms with Crippen LogP contribution in [0.1, 0.15) is 71.7 Å². The van der Waals surface area contributed by atoms with E-state index < -0.39 is 0 Å². The third-order valence-corrected chi connectivity index (χ3v) is 5.22. The van der Waals surface area contributed by atoms with E-state index in [0.29, 0.717) is 0 Å². The Labute approximate surface area is 157 Å². The molecule has 0 radical (unpaired) electrons. The maximum Gasteiger partial charge on any atom is 0.318 e. The van der Waals surface area contributed by atoms with Crippen LogP contribution in [0.4, 0.5) is 4.79 Å². The third kappa shape index (κ3) is 3.74. The van der Waals surface area contributed by atoms with Gasteiger partial charge in [0.1, 0.15) is 0 Å². The summed E-state index contributed by atoms with van der Waals surface area (Å²) >= 11 is 0. The molecule has 1 aromatic carbocycles. The Morgan fingerprint density at radius 2 is 1.92 bits per heavy atom. The van der Waals surface area contributed by atoms with Crippen molar-refractivity contribution in [2.75, 3.05) is 6.54 Å². The molecule has 0 bridgehead atoms. The average Bonchev–Trinajstić information content (AvgIpc) is 2.89. The number of carbonyl (C=O) groups excluding carboxylic acids is 1. The molecular weight excluding hydrogens is 322 g/mol. The number of rotatable bonds is 3. The molecule has 0 saturated heterocycles. The Morgan fingerprint density at radius 1 is 1.23 bits per heavy atom. The van der Waals surface area contributed by atoms with E-state index in [1.54, 1.807) is 0 Å². The van der Waals surface area contributed by atoms with Gasteiger partial charge < -0.3 is 15.2 Å². The zero-order valence-corrected chi connectivity index (χ0v) is 17.1. The first-order valence-electron chi connectivity index (χ1n) is 9.79. The number of para-hydroxylation sites is 1. The van der Waals surface area contributed by atoms with Gasteiger partial charge in [-0.1, -0.05) is 45.9 Å². The Bertz CT molecular complexity index is 797. The van der Waals surface area contributed by atoms with Gasteiger partial charge in [0.15, 0.2) is 0 Å². The van der Waals surface area contributed by atoms with Crippen molar-refractivity contribution in [1.29, 1.82) is 0 Å². The van der Waals surface area contributed by atoms with Crippen molar-refractivity contribution in [3.05, 3.63) is 35.5 Å². The highest BCUT2D eigenvalue weighted by atomic mass is 16.2. The van der Waals surface area contributed by atoms with Crippen molar-refractivity contribution >= 4 is 16.9 Å². The van der Waals surface area contributed by atoms with Crippen LogP contribution in [-0.4, -0.2) is 28.0 Å². The first-order valence-corrected chi connectivity index (χ1v) is 9.79. The van der Waals surface area contributed by atoms with Gasteiger partial charge in [-0.05, 0) is 50.2 Å². The van der Waals surface area contributed by atoms with Gasteiger partial charge in [0.25, 0.3) is 0 Å². The highest BCUT2D eigenvalue weighted by Gasteiger charge is 2.35. The second-order valence-electron chi connectivity index (χ2n) is 9.48. The van der Waals surface area contributed by atoms with E-state index in [0.717, 1.165) is 25.8 Å². The lowest BCUT2D eigenvalue weighted by molar-refractivity contribution is 0.148. The zero-order chi connectivity index (χ0) is 19.1. The summed E-state index contributed by atoms with van der Waals surface area (Å²) < 4.78 is 0. The van der Waals surface area contributed by atoms with E-state index >= 15 is 0 Å². The maximum absolute atomic E-state index is 13.1. The van der Waals surface area contributed by atoms with E-state index in [4.69, 9.17) is 0 Å². The van der Waals surface area contributed by atoms with Crippen LogP contribution >= 0.6 is 0 Å². The molecule has 3 rings (SSSR count). The Balaban J connectivity index is 1.84. The minimum atomic E-state index is -0.228. The zero-order valence-electron chi connectivity index (χ0n) is 17.1. The summed E-state index contributed by atoms with van der Waals surface area (Å²) in [5.74, 6) is 0. The van der Waals surface area contributed by atoms with Gasteiger partial charge in [-0.25, -0.2) is 4.79 Å². The van der Waals surface area contributed by atoms with Gasteiger partial charge in [-0.15, -0.1) is 0 Å². The van der Waals surface area contributed by atoms with Crippen LogP contribution in [0.5, 0.6) is 0 Å². The first kappa shape index (κ1) is 18.8. The summed E-state index contributed by atoms with van der Waals surface area (Å²) in [7, 11) is 0. The Morgan fingerprint density at radius 3 is 2.58 bits per heavy atom. The summed E-state index contributed by atoms with van der Waals surface area (Å²) in [6.45, 7) is 13.8. The lowest BCUT2D eigenvalue weighted by Gasteiger charge is -2.39. The number of amides is 2. The standard InChI is InChI=1S/C22H33N3O/c1-7-18-19-16(15-10-8-9-11-17(15)23-19)12-13-25(18)20(26)24-22(5,6)14-21(2,3)4/h8-11,18,23H,7,12-14H2,1-6H3,(H,24,26). The van der Waals surface area contributed by atoms with E-state index in [-0.39, 0.29) is 23.0 Å². The van der Waals surface area contributed by atoms with Crippen molar-refractivity contribution in [3.8, 4) is 0 Å². The molecule has 1 atom stereocenters. The Kier molecular flexibility index (Phi) is 4.80. The number of fused-ring (bicyclic) bond motifs is 3. The molecule has 0 fully saturated rings. The summed E-state index contributed by atoms with van der Waals surface area (Å²) in [6.07, 6.45) is 2.75. The molecule has 4 heteroatoms. The second-order valence-corrected chi connectivity index (χ2v) is 9.48. The van der Waals surface area contributed by atoms with Crippen LogP contribution in [0, 0.1) is 5.41 Å². The fourth-order valence-corrected chi connectivity index (χ4v) is 4.72. The predicted octanol–water partition coefficient (Wildman–Crippen LogP) is 5.40. The summed E-state index contributed by atoms with van der Waals surface area (Å²) in [5, 5.41) is 4.58. The number of aromatic amines is 1. The molecule has 142 valence electrons. The minimum Gasteiger partial charge on any atom is -0.356 e. The van der Waals surface area contributed by atoms with Gasteiger partial charge in [0.2, 0.25) is 0 Å². The molecule has 1 aliphatic heterocycles. The normalized spacial score (nSPS) is 18.1. The molecule has 2 heterocycles. The molecule has 1 aliphatic rings. The molecule has 2 aromatic rings. The van der Waals surface area contributed by atoms with Gasteiger partial charge in [-0.2, -0.15) is 0 Å². The largest absolute Gasteiger partial charge is 0.356 e. The number of aromatic nitrogens is 1. The van der Waals surface area contributed by atoms with E-state index in [1.165, 1.54) is 22.2 Å². The topological polar surface area (TPSA) is 48.1 Å². The Hall–Kier alpha value is -1.97. The SMILES string of the molecule is CCC1c2[nH]c3ccccc3c2CCN1C(=O)NC(C)(C)CC(C)(C)C. The molecule has 0 spiro atoms. The van der Waals surface area contributed by atoms with Crippen LogP contribution in [0.2, 0.25) is 0 Å². The van der Waals surface area contributed by atoms with Gasteiger partial charge >= 0.3 is 6.03 Å². The average molecular weight is 356 g/mol. The maximum atomic E-state index is 13.1. The molecule has 4 nitrogen and oxygen atoms in total. The smallest absolute Gasteiger partial charge is 0.318 e. The number of H-pyrrole nitrogens is 1. The molecular formula is C22H33N3O. The van der Waals surface area contributed by atoms with Crippen LogP contribution in [0.25, 0.3) is 10.9 Å². The third-order valence-electron chi connectivity index (χ3n) is 5.22. The van der Waals surface area contributed by atoms with Crippen LogP contribution < -0.4 is 5.32 Å². The minimum absolute atomic E-state index is 0.0513. The number of carbonyl (C=O) groups is 1. The molecule has 1 unspecified atom stereocenters. The summed E-state index contributed by atoms with van der Waals surface area (Å²) in [5.41, 5.74) is 3.71. The monoisotopic (exact) mass is 355 g/mol. The number of nitrogens with zero attached hydrogens (tertiary/aromatic N) is 1. The summed E-state index contributed by atoms with van der Waals surface area (Å²) in [6, 6.07) is 8.61. The summed E-state index contributed by atoms with van der Waals surface area (Å²) in [4.78, 5) is 18.7. The van der Waals surface area contributed by atoms with Crippen molar-refractivity contribution in [1.82, 2.24) is 15.2 Å². The molecule has 0 saturated carbocycles. The number of urea groups is 1. The van der Waals surface area contributed by atoms with E-state index in [2.05, 4.69) is 76.1 Å². The van der Waals surface area contributed by atoms with Crippen molar-refractivity contribution in [3.63, 3.8) is 0 Å². The molecule has 1 aromatic heterocycles.